The number of fused-ring (bicyclic) bond motifs is 3. The lowest BCUT2D eigenvalue weighted by atomic mass is 9.34. The number of piperidine rings is 1. The molecule has 51 heavy (non-hydrogen) atoms. The molecule has 4 aromatic rings. The van der Waals surface area contributed by atoms with Gasteiger partial charge in [0.2, 0.25) is 5.91 Å². The molecule has 0 aromatic heterocycles. The number of likely N-dealkylation sites (tertiary alicyclic amines) is 1. The number of nitrogens with one attached hydrogen (secondary N) is 1. The summed E-state index contributed by atoms with van der Waals surface area (Å²) in [5.41, 5.74) is 5.25. The molecule has 2 aliphatic heterocycles. The number of carbonyl (C=O) groups is 1. The highest BCUT2D eigenvalue weighted by Crippen LogP contribution is 2.78. The second-order valence-electron chi connectivity index (χ2n) is 16.4. The molecule has 2 spiro atoms. The van der Waals surface area contributed by atoms with Crippen LogP contribution in [0.1, 0.15) is 79.5 Å². The molecule has 1 amide bonds. The maximum absolute atomic E-state index is 14.1. The molecular formula is C44H48N2O5. The summed E-state index contributed by atoms with van der Waals surface area (Å²) in [4.78, 5) is 17.0. The average molecular weight is 685 g/mol. The van der Waals surface area contributed by atoms with Crippen molar-refractivity contribution in [3.8, 4) is 17.2 Å². The summed E-state index contributed by atoms with van der Waals surface area (Å²) in [5, 5.41) is 5.60. The fourth-order valence-corrected chi connectivity index (χ4v) is 11.9. The van der Waals surface area contributed by atoms with Crippen molar-refractivity contribution in [3.05, 3.63) is 95.1 Å². The van der Waals surface area contributed by atoms with Gasteiger partial charge in [-0.3, -0.25) is 9.69 Å². The summed E-state index contributed by atoms with van der Waals surface area (Å²) in [7, 11) is 5.34. The zero-order chi connectivity index (χ0) is 34.7. The van der Waals surface area contributed by atoms with Crippen LogP contribution in [0.4, 0.5) is 5.69 Å². The number of para-hydroxylation sites is 1. The largest absolute Gasteiger partial charge is 0.497 e. The molecule has 7 atom stereocenters. The first-order valence-corrected chi connectivity index (χ1v) is 19.0. The fraction of sp³-hybridized carbons (Fsp3) is 0.477. The lowest BCUT2D eigenvalue weighted by Crippen LogP contribution is -2.80. The molecule has 5 fully saturated rings. The molecule has 4 bridgehead atoms. The molecule has 1 N–H and O–H groups in total. The van der Waals surface area contributed by atoms with Crippen LogP contribution >= 0.6 is 0 Å². The smallest absolute Gasteiger partial charge is 0.231 e. The molecule has 0 unspecified atom stereocenters. The SMILES string of the molecule is COc1ccc2cc([C@H](C)C(=O)Nc3ccccc3[C@H]3C[C@@]45CC[C@]3(OC)[C@@H]3Oc6c(OC)ccc7c6[C@@]34CCN(CC3CC3)[C@@H]5C7)ccc2c1. The molecule has 7 heteroatoms. The van der Waals surface area contributed by atoms with Gasteiger partial charge in [0.1, 0.15) is 17.5 Å². The van der Waals surface area contributed by atoms with Gasteiger partial charge in [0, 0.05) is 47.7 Å². The highest BCUT2D eigenvalue weighted by Gasteiger charge is 2.81. The molecule has 264 valence electrons. The Labute approximate surface area is 300 Å². The first-order chi connectivity index (χ1) is 24.9. The van der Waals surface area contributed by atoms with E-state index >= 15 is 0 Å². The van der Waals surface area contributed by atoms with Crippen molar-refractivity contribution in [3.63, 3.8) is 0 Å². The van der Waals surface area contributed by atoms with Crippen molar-refractivity contribution in [1.82, 2.24) is 4.90 Å². The number of ether oxygens (including phenoxy) is 4. The monoisotopic (exact) mass is 684 g/mol. The topological polar surface area (TPSA) is 69.3 Å². The van der Waals surface area contributed by atoms with E-state index in [-0.39, 0.29) is 34.7 Å². The molecule has 5 aliphatic carbocycles. The van der Waals surface area contributed by atoms with Crippen LogP contribution in [0.25, 0.3) is 10.8 Å². The molecule has 11 rings (SSSR count). The number of benzene rings is 4. The number of nitrogens with zero attached hydrogens (tertiary/aromatic N) is 1. The quantitative estimate of drug-likeness (QED) is 0.193. The fourth-order valence-electron chi connectivity index (χ4n) is 11.9. The van der Waals surface area contributed by atoms with Crippen molar-refractivity contribution in [2.75, 3.05) is 39.7 Å². The summed E-state index contributed by atoms with van der Waals surface area (Å²) in [5.74, 6) is 3.16. The van der Waals surface area contributed by atoms with Gasteiger partial charge in [0.25, 0.3) is 0 Å². The second-order valence-corrected chi connectivity index (χ2v) is 16.4. The maximum atomic E-state index is 14.1. The van der Waals surface area contributed by atoms with Gasteiger partial charge in [-0.25, -0.2) is 0 Å². The van der Waals surface area contributed by atoms with E-state index in [0.717, 1.165) is 89.4 Å². The molecule has 1 saturated heterocycles. The number of anilines is 1. The Hall–Kier alpha value is -4.07. The van der Waals surface area contributed by atoms with Crippen molar-refractivity contribution < 1.29 is 23.7 Å². The Kier molecular flexibility index (Phi) is 6.96. The number of rotatable bonds is 9. The lowest BCUT2D eigenvalue weighted by molar-refractivity contribution is -0.261. The van der Waals surface area contributed by atoms with Gasteiger partial charge in [0.15, 0.2) is 11.5 Å². The van der Waals surface area contributed by atoms with E-state index < -0.39 is 5.60 Å². The van der Waals surface area contributed by atoms with Crippen LogP contribution in [0.2, 0.25) is 0 Å². The van der Waals surface area contributed by atoms with Crippen molar-refractivity contribution in [2.45, 2.75) is 86.9 Å². The van der Waals surface area contributed by atoms with Crippen molar-refractivity contribution >= 4 is 22.4 Å². The number of hydrogen-bond donors (Lipinski definition) is 1. The van der Waals surface area contributed by atoms with E-state index in [1.165, 1.54) is 30.5 Å². The third-order valence-electron chi connectivity index (χ3n) is 14.4. The Morgan fingerprint density at radius 1 is 0.961 bits per heavy atom. The minimum Gasteiger partial charge on any atom is -0.497 e. The molecule has 2 heterocycles. The predicted molar refractivity (Wildman–Crippen MR) is 198 cm³/mol. The standard InChI is InChI=1S/C44H48N2O5/c1-26(28-11-12-30-22-32(48-2)15-13-29(30)21-28)40(47)45-35-8-6-5-7-33(35)34-24-42-17-18-44(34,50-4)41-43(42)19-20-46(25-27-9-10-27)37(42)23-31-14-16-36(49-3)39(51-41)38(31)43/h5-8,11-16,21-22,26-27,34,37,41H,9-10,17-20,23-25H2,1-4H3,(H,45,47)/t26-,34+,37+,41+,42+,43-,44+/m0/s1. The van der Waals surface area contributed by atoms with Crippen molar-refractivity contribution in [2.24, 2.45) is 11.3 Å². The van der Waals surface area contributed by atoms with Crippen LogP contribution in [-0.2, 0) is 21.4 Å². The van der Waals surface area contributed by atoms with Gasteiger partial charge in [-0.15, -0.1) is 0 Å². The third kappa shape index (κ3) is 4.22. The number of amides is 1. The zero-order valence-electron chi connectivity index (χ0n) is 30.2. The Bertz CT molecular complexity index is 2080. The molecule has 0 radical (unpaired) electrons. The van der Waals surface area contributed by atoms with Gasteiger partial charge in [-0.05, 0) is 116 Å². The summed E-state index contributed by atoms with van der Waals surface area (Å²) in [6.45, 7) is 4.31. The molecule has 7 aliphatic rings. The molecular weight excluding hydrogens is 636 g/mol. The van der Waals surface area contributed by atoms with E-state index in [1.807, 2.05) is 32.2 Å². The predicted octanol–water partition coefficient (Wildman–Crippen LogP) is 7.99. The van der Waals surface area contributed by atoms with E-state index in [4.69, 9.17) is 18.9 Å². The van der Waals surface area contributed by atoms with Gasteiger partial charge in [-0.2, -0.15) is 0 Å². The first-order valence-electron chi connectivity index (χ1n) is 19.0. The van der Waals surface area contributed by atoms with E-state index in [1.54, 1.807) is 14.2 Å². The molecule has 7 nitrogen and oxygen atoms in total. The average Bonchev–Trinajstić information content (AvgIpc) is 3.91. The lowest BCUT2D eigenvalue weighted by Gasteiger charge is -2.74. The van der Waals surface area contributed by atoms with Crippen LogP contribution < -0.4 is 19.5 Å². The van der Waals surface area contributed by atoms with Crippen LogP contribution in [0.15, 0.2) is 72.8 Å². The highest BCUT2D eigenvalue weighted by molar-refractivity contribution is 5.97. The zero-order valence-corrected chi connectivity index (χ0v) is 30.2. The number of methoxy groups -OCH3 is 3. The highest BCUT2D eigenvalue weighted by atomic mass is 16.6. The molecule has 4 aromatic carbocycles. The van der Waals surface area contributed by atoms with E-state index in [0.29, 0.717) is 6.04 Å². The number of carbonyl (C=O) groups excluding carboxylic acids is 1. The minimum atomic E-state index is -0.546. The summed E-state index contributed by atoms with van der Waals surface area (Å²) in [6, 6.07) is 25.7. The summed E-state index contributed by atoms with van der Waals surface area (Å²) >= 11 is 0. The second kappa shape index (κ2) is 11.2. The minimum absolute atomic E-state index is 0.0126. The van der Waals surface area contributed by atoms with E-state index in [2.05, 4.69) is 64.8 Å². The van der Waals surface area contributed by atoms with Gasteiger partial charge in [0.05, 0.1) is 20.1 Å². The first kappa shape index (κ1) is 31.6. The van der Waals surface area contributed by atoms with E-state index in [9.17, 15) is 4.79 Å². The van der Waals surface area contributed by atoms with Crippen LogP contribution in [0.5, 0.6) is 17.2 Å². The van der Waals surface area contributed by atoms with Crippen molar-refractivity contribution in [1.29, 1.82) is 0 Å². The number of hydrogen-bond acceptors (Lipinski definition) is 6. The Balaban J connectivity index is 1.04. The Morgan fingerprint density at radius 2 is 1.78 bits per heavy atom. The summed E-state index contributed by atoms with van der Waals surface area (Å²) < 4.78 is 25.6. The maximum Gasteiger partial charge on any atom is 0.231 e. The molecule has 4 saturated carbocycles. The van der Waals surface area contributed by atoms with Crippen LogP contribution in [0, 0.1) is 11.3 Å². The van der Waals surface area contributed by atoms with Gasteiger partial charge in [-0.1, -0.05) is 48.5 Å². The summed E-state index contributed by atoms with van der Waals surface area (Å²) in [6.07, 6.45) is 7.80. The third-order valence-corrected chi connectivity index (χ3v) is 14.4. The van der Waals surface area contributed by atoms with Gasteiger partial charge < -0.3 is 24.3 Å². The normalized spacial score (nSPS) is 31.9. The van der Waals surface area contributed by atoms with Crippen LogP contribution in [0.3, 0.4) is 0 Å². The van der Waals surface area contributed by atoms with Crippen LogP contribution in [-0.4, -0.2) is 63.0 Å². The Morgan fingerprint density at radius 3 is 2.59 bits per heavy atom. The van der Waals surface area contributed by atoms with Gasteiger partial charge >= 0.3 is 0 Å².